The highest BCUT2D eigenvalue weighted by Gasteiger charge is 1.93. The fourth-order valence-electron chi connectivity index (χ4n) is 0.719. The highest BCUT2D eigenvalue weighted by molar-refractivity contribution is 5.24. The van der Waals surface area contributed by atoms with E-state index in [1.54, 1.807) is 0 Å². The van der Waals surface area contributed by atoms with Gasteiger partial charge in [0.05, 0.1) is 12.1 Å². The molecular formula is C10H12N2. The van der Waals surface area contributed by atoms with Gasteiger partial charge in [0.1, 0.15) is 0 Å². The lowest BCUT2D eigenvalue weighted by Crippen LogP contribution is -1.80. The Morgan fingerprint density at radius 2 is 2.00 bits per heavy atom. The zero-order chi connectivity index (χ0) is 9.40. The van der Waals surface area contributed by atoms with E-state index in [0.717, 1.165) is 24.0 Å². The van der Waals surface area contributed by atoms with E-state index in [0.29, 0.717) is 0 Å². The first-order valence-electron chi connectivity index (χ1n) is 3.83. The highest BCUT2D eigenvalue weighted by Crippen LogP contribution is 2.09. The molecule has 0 aliphatic carbocycles. The van der Waals surface area contributed by atoms with Gasteiger partial charge in [-0.1, -0.05) is 11.6 Å². The Labute approximate surface area is 73.4 Å². The normalized spacial score (nSPS) is 12.0. The number of hydrogen-bond donors (Lipinski definition) is 0. The van der Waals surface area contributed by atoms with E-state index in [2.05, 4.69) is 6.07 Å². The summed E-state index contributed by atoms with van der Waals surface area (Å²) in [6, 6.07) is 4.02. The van der Waals surface area contributed by atoms with Gasteiger partial charge in [-0.2, -0.15) is 10.5 Å². The molecule has 0 aromatic heterocycles. The summed E-state index contributed by atoms with van der Waals surface area (Å²) in [6.45, 7) is 3.75. The first-order valence-corrected chi connectivity index (χ1v) is 3.83. The summed E-state index contributed by atoms with van der Waals surface area (Å²) in [5.41, 5.74) is 1.88. The maximum Gasteiger partial charge on any atom is 0.0943 e. The van der Waals surface area contributed by atoms with E-state index < -0.39 is 0 Å². The topological polar surface area (TPSA) is 47.6 Å². The standard InChI is InChI=1S/C10H12N2/c1-9(10(2)8-12)6-4-3-5-7-11/h3,5H,4,6H2,1-2H3. The van der Waals surface area contributed by atoms with Crippen LogP contribution in [0.4, 0.5) is 0 Å². The smallest absolute Gasteiger partial charge is 0.0943 e. The molecule has 2 heteroatoms. The van der Waals surface area contributed by atoms with Crippen LogP contribution in [0.1, 0.15) is 26.7 Å². The summed E-state index contributed by atoms with van der Waals surface area (Å²) in [5.74, 6) is 0. The Kier molecular flexibility index (Phi) is 5.39. The molecule has 0 aliphatic rings. The number of hydrogen-bond acceptors (Lipinski definition) is 2. The SMILES string of the molecule is CC(C#N)=C(C)CCC=CC#N. The zero-order valence-corrected chi connectivity index (χ0v) is 7.46. The summed E-state index contributed by atoms with van der Waals surface area (Å²) < 4.78 is 0. The fraction of sp³-hybridized carbons (Fsp3) is 0.400. The van der Waals surface area contributed by atoms with Gasteiger partial charge >= 0.3 is 0 Å². The largest absolute Gasteiger partial charge is 0.193 e. The quantitative estimate of drug-likeness (QED) is 0.596. The molecule has 0 saturated carbocycles. The van der Waals surface area contributed by atoms with Crippen molar-refractivity contribution in [2.75, 3.05) is 0 Å². The van der Waals surface area contributed by atoms with Crippen LogP contribution in [0.2, 0.25) is 0 Å². The first kappa shape index (κ1) is 10.5. The lowest BCUT2D eigenvalue weighted by Gasteiger charge is -1.97. The van der Waals surface area contributed by atoms with Crippen LogP contribution in [0.3, 0.4) is 0 Å². The van der Waals surface area contributed by atoms with Gasteiger partial charge in [-0.05, 0) is 26.7 Å². The first-order chi connectivity index (χ1) is 5.72. The predicted octanol–water partition coefficient (Wildman–Crippen LogP) is 2.71. The van der Waals surface area contributed by atoms with Crippen LogP contribution in [-0.4, -0.2) is 0 Å². The van der Waals surface area contributed by atoms with E-state index in [1.165, 1.54) is 6.08 Å². The third-order valence-electron chi connectivity index (χ3n) is 1.69. The van der Waals surface area contributed by atoms with Gasteiger partial charge in [0, 0.05) is 11.6 Å². The summed E-state index contributed by atoms with van der Waals surface area (Å²) in [5, 5.41) is 16.7. The average Bonchev–Trinajstić information content (AvgIpc) is 2.10. The van der Waals surface area contributed by atoms with E-state index >= 15 is 0 Å². The van der Waals surface area contributed by atoms with Crippen molar-refractivity contribution < 1.29 is 0 Å². The number of nitriles is 2. The second kappa shape index (κ2) is 6.19. The third-order valence-corrected chi connectivity index (χ3v) is 1.69. The van der Waals surface area contributed by atoms with Crippen molar-refractivity contribution in [2.45, 2.75) is 26.7 Å². The molecule has 0 atom stereocenters. The summed E-state index contributed by atoms with van der Waals surface area (Å²) in [6.07, 6.45) is 4.97. The molecule has 0 aromatic carbocycles. The van der Waals surface area contributed by atoms with Crippen LogP contribution in [0.25, 0.3) is 0 Å². The summed E-state index contributed by atoms with van der Waals surface area (Å²) in [4.78, 5) is 0. The number of nitrogens with zero attached hydrogens (tertiary/aromatic N) is 2. The minimum Gasteiger partial charge on any atom is -0.193 e. The van der Waals surface area contributed by atoms with Gasteiger partial charge in [-0.15, -0.1) is 0 Å². The van der Waals surface area contributed by atoms with Crippen LogP contribution in [0, 0.1) is 22.7 Å². The second-order valence-corrected chi connectivity index (χ2v) is 2.59. The lowest BCUT2D eigenvalue weighted by molar-refractivity contribution is 0.964. The number of allylic oxidation sites excluding steroid dienone is 4. The van der Waals surface area contributed by atoms with Gasteiger partial charge < -0.3 is 0 Å². The van der Waals surface area contributed by atoms with E-state index in [9.17, 15) is 0 Å². The van der Waals surface area contributed by atoms with Crippen LogP contribution < -0.4 is 0 Å². The Hall–Kier alpha value is -1.54. The van der Waals surface area contributed by atoms with Crippen molar-refractivity contribution in [1.29, 1.82) is 10.5 Å². The second-order valence-electron chi connectivity index (χ2n) is 2.59. The fourth-order valence-corrected chi connectivity index (χ4v) is 0.719. The monoisotopic (exact) mass is 160 g/mol. The van der Waals surface area contributed by atoms with E-state index in [1.807, 2.05) is 26.0 Å². The van der Waals surface area contributed by atoms with Crippen molar-refractivity contribution in [3.8, 4) is 12.1 Å². The molecule has 2 nitrogen and oxygen atoms in total. The van der Waals surface area contributed by atoms with E-state index in [-0.39, 0.29) is 0 Å². The molecule has 0 fully saturated rings. The molecule has 0 rings (SSSR count). The average molecular weight is 160 g/mol. The Balaban J connectivity index is 3.91. The van der Waals surface area contributed by atoms with Crippen LogP contribution >= 0.6 is 0 Å². The zero-order valence-electron chi connectivity index (χ0n) is 7.46. The van der Waals surface area contributed by atoms with Gasteiger partial charge in [0.2, 0.25) is 0 Å². The maximum absolute atomic E-state index is 8.53. The Morgan fingerprint density at radius 1 is 1.33 bits per heavy atom. The van der Waals surface area contributed by atoms with Crippen LogP contribution in [0.15, 0.2) is 23.3 Å². The predicted molar refractivity (Wildman–Crippen MR) is 48.0 cm³/mol. The lowest BCUT2D eigenvalue weighted by atomic mass is 10.1. The Morgan fingerprint density at radius 3 is 2.50 bits per heavy atom. The summed E-state index contributed by atoms with van der Waals surface area (Å²) in [7, 11) is 0. The van der Waals surface area contributed by atoms with Crippen LogP contribution in [-0.2, 0) is 0 Å². The minimum absolute atomic E-state index is 0.778. The molecule has 0 saturated heterocycles. The van der Waals surface area contributed by atoms with Gasteiger partial charge in [-0.3, -0.25) is 0 Å². The highest BCUT2D eigenvalue weighted by atomic mass is 14.2. The van der Waals surface area contributed by atoms with E-state index in [4.69, 9.17) is 10.5 Å². The number of rotatable bonds is 3. The molecule has 0 aliphatic heterocycles. The van der Waals surface area contributed by atoms with Crippen LogP contribution in [0.5, 0.6) is 0 Å². The molecule has 62 valence electrons. The molecule has 0 heterocycles. The van der Waals surface area contributed by atoms with Crippen molar-refractivity contribution in [3.63, 3.8) is 0 Å². The Bertz CT molecular complexity index is 271. The van der Waals surface area contributed by atoms with Crippen molar-refractivity contribution >= 4 is 0 Å². The van der Waals surface area contributed by atoms with Gasteiger partial charge in [-0.25, -0.2) is 0 Å². The van der Waals surface area contributed by atoms with Crippen molar-refractivity contribution in [2.24, 2.45) is 0 Å². The molecule has 0 unspecified atom stereocenters. The molecule has 0 N–H and O–H groups in total. The summed E-state index contributed by atoms with van der Waals surface area (Å²) >= 11 is 0. The van der Waals surface area contributed by atoms with Gasteiger partial charge in [0.15, 0.2) is 0 Å². The molecule has 0 aromatic rings. The maximum atomic E-state index is 8.53. The molecule has 0 spiro atoms. The van der Waals surface area contributed by atoms with Crippen molar-refractivity contribution in [1.82, 2.24) is 0 Å². The molecule has 0 bridgehead atoms. The minimum atomic E-state index is 0.778. The third kappa shape index (κ3) is 4.30. The molecule has 0 radical (unpaired) electrons. The van der Waals surface area contributed by atoms with Gasteiger partial charge in [0.25, 0.3) is 0 Å². The molecule has 0 amide bonds. The molecule has 12 heavy (non-hydrogen) atoms. The molecular weight excluding hydrogens is 148 g/mol. The van der Waals surface area contributed by atoms with Crippen molar-refractivity contribution in [3.05, 3.63) is 23.3 Å².